The standard InChI is InChI=1S/C15H17N3O3/c1-9-16-14(21-18-9)7-6-13(20)17-15-11-5-3-2-4-10(11)8-12(15)19/h2-5,12,15,19H,6-8H2,1H3,(H,17,20). The van der Waals surface area contributed by atoms with Gasteiger partial charge in [-0.3, -0.25) is 4.79 Å². The number of aliphatic hydroxyl groups is 1. The summed E-state index contributed by atoms with van der Waals surface area (Å²) < 4.78 is 4.97. The van der Waals surface area contributed by atoms with E-state index in [1.165, 1.54) is 0 Å². The molecule has 0 spiro atoms. The summed E-state index contributed by atoms with van der Waals surface area (Å²) in [6.07, 6.45) is 0.658. The first-order valence-electron chi connectivity index (χ1n) is 6.98. The highest BCUT2D eigenvalue weighted by atomic mass is 16.5. The Kier molecular flexibility index (Phi) is 3.70. The maximum absolute atomic E-state index is 12.0. The number of carbonyl (C=O) groups is 1. The lowest BCUT2D eigenvalue weighted by molar-refractivity contribution is -0.122. The normalized spacial score (nSPS) is 20.3. The van der Waals surface area contributed by atoms with Gasteiger partial charge < -0.3 is 14.9 Å². The van der Waals surface area contributed by atoms with Crippen molar-refractivity contribution >= 4 is 5.91 Å². The van der Waals surface area contributed by atoms with Crippen LogP contribution in [0.15, 0.2) is 28.8 Å². The molecule has 1 aromatic heterocycles. The van der Waals surface area contributed by atoms with Crippen LogP contribution in [0, 0.1) is 6.92 Å². The van der Waals surface area contributed by atoms with E-state index in [1.807, 2.05) is 24.3 Å². The number of rotatable bonds is 4. The molecule has 2 aromatic rings. The predicted molar refractivity (Wildman–Crippen MR) is 74.4 cm³/mol. The van der Waals surface area contributed by atoms with Crippen molar-refractivity contribution in [3.8, 4) is 0 Å². The van der Waals surface area contributed by atoms with Gasteiger partial charge in [0, 0.05) is 19.3 Å². The maximum Gasteiger partial charge on any atom is 0.227 e. The van der Waals surface area contributed by atoms with Crippen molar-refractivity contribution in [2.45, 2.75) is 38.3 Å². The first-order valence-corrected chi connectivity index (χ1v) is 6.98. The van der Waals surface area contributed by atoms with E-state index in [2.05, 4.69) is 15.5 Å². The van der Waals surface area contributed by atoms with Crippen molar-refractivity contribution in [3.05, 3.63) is 47.1 Å². The number of carbonyl (C=O) groups excluding carboxylic acids is 1. The molecule has 1 aliphatic carbocycles. The number of nitrogens with one attached hydrogen (secondary N) is 1. The summed E-state index contributed by atoms with van der Waals surface area (Å²) in [5.74, 6) is 0.882. The molecule has 0 aliphatic heterocycles. The van der Waals surface area contributed by atoms with E-state index in [0.717, 1.165) is 11.1 Å². The molecule has 6 nitrogen and oxygen atoms in total. The van der Waals surface area contributed by atoms with Crippen LogP contribution in [0.25, 0.3) is 0 Å². The fraction of sp³-hybridized carbons (Fsp3) is 0.400. The molecule has 0 saturated carbocycles. The summed E-state index contributed by atoms with van der Waals surface area (Å²) in [6, 6.07) is 7.44. The topological polar surface area (TPSA) is 88.2 Å². The van der Waals surface area contributed by atoms with E-state index in [4.69, 9.17) is 4.52 Å². The highest BCUT2D eigenvalue weighted by Crippen LogP contribution is 2.31. The van der Waals surface area contributed by atoms with Crippen molar-refractivity contribution < 1.29 is 14.4 Å². The zero-order valence-corrected chi connectivity index (χ0v) is 11.7. The molecule has 21 heavy (non-hydrogen) atoms. The number of nitrogens with zero attached hydrogens (tertiary/aromatic N) is 2. The van der Waals surface area contributed by atoms with Crippen LogP contribution in [0.5, 0.6) is 0 Å². The lowest BCUT2D eigenvalue weighted by atomic mass is 10.1. The fourth-order valence-corrected chi connectivity index (χ4v) is 2.66. The van der Waals surface area contributed by atoms with Gasteiger partial charge in [0.25, 0.3) is 0 Å². The van der Waals surface area contributed by atoms with Crippen molar-refractivity contribution in [2.75, 3.05) is 0 Å². The molecule has 1 aromatic carbocycles. The third-order valence-electron chi connectivity index (χ3n) is 3.66. The van der Waals surface area contributed by atoms with Crippen LogP contribution >= 0.6 is 0 Å². The van der Waals surface area contributed by atoms with Crippen LogP contribution in [-0.2, 0) is 17.6 Å². The number of aliphatic hydroxyl groups excluding tert-OH is 1. The smallest absolute Gasteiger partial charge is 0.227 e. The molecular formula is C15H17N3O3. The summed E-state index contributed by atoms with van der Waals surface area (Å²) in [7, 11) is 0. The third-order valence-corrected chi connectivity index (χ3v) is 3.66. The molecule has 3 rings (SSSR count). The van der Waals surface area contributed by atoms with Crippen molar-refractivity contribution in [3.63, 3.8) is 0 Å². The number of hydrogen-bond donors (Lipinski definition) is 2. The highest BCUT2D eigenvalue weighted by molar-refractivity contribution is 5.77. The van der Waals surface area contributed by atoms with E-state index >= 15 is 0 Å². The minimum absolute atomic E-state index is 0.133. The Balaban J connectivity index is 1.60. The number of hydrogen-bond acceptors (Lipinski definition) is 5. The molecule has 0 fully saturated rings. The van der Waals surface area contributed by atoms with E-state index < -0.39 is 6.10 Å². The first-order chi connectivity index (χ1) is 10.1. The maximum atomic E-state index is 12.0. The largest absolute Gasteiger partial charge is 0.390 e. The Morgan fingerprint density at radius 2 is 2.29 bits per heavy atom. The van der Waals surface area contributed by atoms with Crippen LogP contribution < -0.4 is 5.32 Å². The number of aromatic nitrogens is 2. The van der Waals surface area contributed by atoms with Crippen LogP contribution in [0.2, 0.25) is 0 Å². The van der Waals surface area contributed by atoms with Gasteiger partial charge in [-0.25, -0.2) is 0 Å². The number of aryl methyl sites for hydroxylation is 2. The third kappa shape index (κ3) is 2.95. The Bertz CT molecular complexity index is 653. The van der Waals surface area contributed by atoms with Gasteiger partial charge in [0.2, 0.25) is 11.8 Å². The quantitative estimate of drug-likeness (QED) is 0.878. The first kappa shape index (κ1) is 13.8. The van der Waals surface area contributed by atoms with E-state index in [9.17, 15) is 9.90 Å². The van der Waals surface area contributed by atoms with Crippen molar-refractivity contribution in [1.82, 2.24) is 15.5 Å². The summed E-state index contributed by atoms with van der Waals surface area (Å²) in [5, 5.41) is 16.7. The molecule has 0 radical (unpaired) electrons. The minimum atomic E-state index is -0.572. The predicted octanol–water partition coefficient (Wildman–Crippen LogP) is 1.09. The molecule has 110 valence electrons. The van der Waals surface area contributed by atoms with Gasteiger partial charge in [-0.15, -0.1) is 0 Å². The Hall–Kier alpha value is -2.21. The molecule has 1 amide bonds. The fourth-order valence-electron chi connectivity index (χ4n) is 2.66. The van der Waals surface area contributed by atoms with E-state index in [1.54, 1.807) is 6.92 Å². The Morgan fingerprint density at radius 3 is 3.05 bits per heavy atom. The second-order valence-corrected chi connectivity index (χ2v) is 5.25. The monoisotopic (exact) mass is 287 g/mol. The molecule has 0 saturated heterocycles. The van der Waals surface area contributed by atoms with Crippen LogP contribution in [0.3, 0.4) is 0 Å². The lowest BCUT2D eigenvalue weighted by Crippen LogP contribution is -2.34. The second kappa shape index (κ2) is 5.65. The minimum Gasteiger partial charge on any atom is -0.390 e. The van der Waals surface area contributed by atoms with Crippen molar-refractivity contribution in [2.24, 2.45) is 0 Å². The molecule has 6 heteroatoms. The van der Waals surface area contributed by atoms with E-state index in [-0.39, 0.29) is 18.4 Å². The molecule has 1 heterocycles. The molecule has 2 N–H and O–H groups in total. The lowest BCUT2D eigenvalue weighted by Gasteiger charge is -2.17. The van der Waals surface area contributed by atoms with Gasteiger partial charge in [0.15, 0.2) is 5.82 Å². The van der Waals surface area contributed by atoms with Gasteiger partial charge >= 0.3 is 0 Å². The van der Waals surface area contributed by atoms with Crippen LogP contribution in [0.1, 0.15) is 35.3 Å². The van der Waals surface area contributed by atoms with Crippen LogP contribution in [0.4, 0.5) is 0 Å². The average Bonchev–Trinajstić information content (AvgIpc) is 3.01. The second-order valence-electron chi connectivity index (χ2n) is 5.25. The Labute approximate surface area is 122 Å². The highest BCUT2D eigenvalue weighted by Gasteiger charge is 2.31. The van der Waals surface area contributed by atoms with Gasteiger partial charge in [-0.05, 0) is 18.1 Å². The number of amides is 1. The number of fused-ring (bicyclic) bond motifs is 1. The molecule has 2 unspecified atom stereocenters. The summed E-state index contributed by atoms with van der Waals surface area (Å²) in [5.41, 5.74) is 2.08. The molecular weight excluding hydrogens is 270 g/mol. The average molecular weight is 287 g/mol. The summed E-state index contributed by atoms with van der Waals surface area (Å²) in [6.45, 7) is 1.74. The van der Waals surface area contributed by atoms with Crippen LogP contribution in [-0.4, -0.2) is 27.3 Å². The molecule has 2 atom stereocenters. The Morgan fingerprint density at radius 1 is 1.48 bits per heavy atom. The zero-order chi connectivity index (χ0) is 14.8. The summed E-state index contributed by atoms with van der Waals surface area (Å²) in [4.78, 5) is 16.1. The van der Waals surface area contributed by atoms with Gasteiger partial charge in [-0.2, -0.15) is 4.98 Å². The number of benzene rings is 1. The SMILES string of the molecule is Cc1noc(CCC(=O)NC2c3ccccc3CC2O)n1. The molecule has 0 bridgehead atoms. The van der Waals surface area contributed by atoms with Gasteiger partial charge in [0.1, 0.15) is 0 Å². The molecule has 1 aliphatic rings. The van der Waals surface area contributed by atoms with E-state index in [0.29, 0.717) is 24.6 Å². The zero-order valence-electron chi connectivity index (χ0n) is 11.7. The summed E-state index contributed by atoms with van der Waals surface area (Å²) >= 11 is 0. The van der Waals surface area contributed by atoms with Gasteiger partial charge in [-0.1, -0.05) is 29.4 Å². The van der Waals surface area contributed by atoms with Crippen molar-refractivity contribution in [1.29, 1.82) is 0 Å². The van der Waals surface area contributed by atoms with Gasteiger partial charge in [0.05, 0.1) is 12.1 Å².